The predicted molar refractivity (Wildman–Crippen MR) is 138 cm³/mol. The minimum absolute atomic E-state index is 0.0274. The highest BCUT2D eigenvalue weighted by molar-refractivity contribution is 6.34. The summed E-state index contributed by atoms with van der Waals surface area (Å²) in [4.78, 5) is 30.2. The third-order valence-electron chi connectivity index (χ3n) is 6.38. The van der Waals surface area contributed by atoms with E-state index in [1.165, 1.54) is 5.01 Å². The number of nitrogens with zero attached hydrogens (tertiary/aromatic N) is 4. The number of hydrogen-bond donors (Lipinski definition) is 0. The van der Waals surface area contributed by atoms with Crippen molar-refractivity contribution in [2.24, 2.45) is 5.10 Å². The van der Waals surface area contributed by atoms with Gasteiger partial charge in [0.25, 0.3) is 5.91 Å². The van der Waals surface area contributed by atoms with Gasteiger partial charge in [0.05, 0.1) is 25.0 Å². The van der Waals surface area contributed by atoms with Crippen molar-refractivity contribution in [3.63, 3.8) is 0 Å². The summed E-state index contributed by atoms with van der Waals surface area (Å²) >= 11 is 12.5. The molecule has 1 fully saturated rings. The van der Waals surface area contributed by atoms with E-state index in [1.807, 2.05) is 55.5 Å². The normalized spacial score (nSPS) is 18.4. The number of benzene rings is 2. The molecule has 2 amide bonds. The zero-order valence-electron chi connectivity index (χ0n) is 19.8. The van der Waals surface area contributed by atoms with Crippen molar-refractivity contribution in [1.29, 1.82) is 0 Å². The van der Waals surface area contributed by atoms with Gasteiger partial charge in [-0.25, -0.2) is 5.01 Å². The number of morpholine rings is 1. The van der Waals surface area contributed by atoms with Gasteiger partial charge >= 0.3 is 0 Å². The third-order valence-corrected chi connectivity index (χ3v) is 6.96. The Balaban J connectivity index is 1.55. The summed E-state index contributed by atoms with van der Waals surface area (Å²) in [5.41, 5.74) is 2.47. The van der Waals surface area contributed by atoms with Crippen molar-refractivity contribution in [2.45, 2.75) is 25.8 Å². The molecule has 0 aliphatic carbocycles. The van der Waals surface area contributed by atoms with Gasteiger partial charge in [-0.3, -0.25) is 14.5 Å². The van der Waals surface area contributed by atoms with E-state index in [9.17, 15) is 9.59 Å². The number of carbonyl (C=O) groups is 2. The first kappa shape index (κ1) is 25.6. The van der Waals surface area contributed by atoms with Crippen LogP contribution < -0.4 is 0 Å². The molecule has 1 saturated heterocycles. The molecule has 2 aliphatic heterocycles. The van der Waals surface area contributed by atoms with Crippen molar-refractivity contribution < 1.29 is 14.3 Å². The second-order valence-electron chi connectivity index (χ2n) is 8.66. The van der Waals surface area contributed by atoms with Crippen molar-refractivity contribution in [3.8, 4) is 0 Å². The second-order valence-corrected chi connectivity index (χ2v) is 9.50. The topological polar surface area (TPSA) is 65.5 Å². The van der Waals surface area contributed by atoms with Crippen LogP contribution in [0.3, 0.4) is 0 Å². The Labute approximate surface area is 216 Å². The molecule has 0 unspecified atom stereocenters. The summed E-state index contributed by atoms with van der Waals surface area (Å²) < 4.78 is 5.41. The Kier molecular flexibility index (Phi) is 8.78. The van der Waals surface area contributed by atoms with Gasteiger partial charge in [0.15, 0.2) is 0 Å². The first-order valence-electron chi connectivity index (χ1n) is 11.9. The van der Waals surface area contributed by atoms with E-state index in [2.05, 4.69) is 4.90 Å². The average molecular weight is 517 g/mol. The first-order valence-corrected chi connectivity index (χ1v) is 12.7. The maximum atomic E-state index is 13.6. The van der Waals surface area contributed by atoms with E-state index in [0.717, 1.165) is 29.9 Å². The lowest BCUT2D eigenvalue weighted by Crippen LogP contribution is -2.46. The largest absolute Gasteiger partial charge is 0.379 e. The Morgan fingerprint density at radius 2 is 1.80 bits per heavy atom. The molecule has 2 aromatic rings. The molecule has 7 nitrogen and oxygen atoms in total. The van der Waals surface area contributed by atoms with Gasteiger partial charge in [0.1, 0.15) is 6.54 Å². The van der Waals surface area contributed by atoms with E-state index >= 15 is 0 Å². The molecular formula is C26H30Cl2N4O3. The number of hydrogen-bond acceptors (Lipinski definition) is 5. The minimum Gasteiger partial charge on any atom is -0.379 e. The molecule has 2 aromatic carbocycles. The number of halogens is 2. The Morgan fingerprint density at radius 1 is 1.09 bits per heavy atom. The van der Waals surface area contributed by atoms with Crippen molar-refractivity contribution in [3.05, 3.63) is 69.7 Å². The van der Waals surface area contributed by atoms with E-state index in [-0.39, 0.29) is 24.4 Å². The van der Waals surface area contributed by atoms with E-state index in [0.29, 0.717) is 49.2 Å². The van der Waals surface area contributed by atoms with Crippen LogP contribution in [-0.2, 0) is 14.3 Å². The molecule has 9 heteroatoms. The maximum absolute atomic E-state index is 13.6. The lowest BCUT2D eigenvalue weighted by molar-refractivity contribution is -0.141. The second kappa shape index (κ2) is 12.0. The molecule has 0 bridgehead atoms. The molecule has 35 heavy (non-hydrogen) atoms. The number of hydrazone groups is 1. The molecule has 186 valence electrons. The Morgan fingerprint density at radius 3 is 2.49 bits per heavy atom. The first-order chi connectivity index (χ1) is 17.0. The van der Waals surface area contributed by atoms with Crippen molar-refractivity contribution >= 4 is 40.7 Å². The quantitative estimate of drug-likeness (QED) is 0.526. The molecule has 0 saturated carbocycles. The zero-order chi connectivity index (χ0) is 24.8. The maximum Gasteiger partial charge on any atom is 0.262 e. The molecule has 0 aromatic heterocycles. The van der Waals surface area contributed by atoms with Crippen LogP contribution in [0.1, 0.15) is 36.9 Å². The summed E-state index contributed by atoms with van der Waals surface area (Å²) in [7, 11) is 0. The smallest absolute Gasteiger partial charge is 0.262 e. The van der Waals surface area contributed by atoms with Crippen LogP contribution in [0, 0.1) is 0 Å². The van der Waals surface area contributed by atoms with E-state index in [4.69, 9.17) is 33.0 Å². The van der Waals surface area contributed by atoms with E-state index < -0.39 is 0 Å². The molecule has 0 spiro atoms. The monoisotopic (exact) mass is 516 g/mol. The lowest BCUT2D eigenvalue weighted by Gasteiger charge is -2.31. The summed E-state index contributed by atoms with van der Waals surface area (Å²) in [5, 5.41) is 7.42. The number of ether oxygens (including phenoxy) is 1. The molecule has 1 atom stereocenters. The third kappa shape index (κ3) is 6.41. The van der Waals surface area contributed by atoms with Crippen LogP contribution in [0.2, 0.25) is 10.0 Å². The van der Waals surface area contributed by atoms with Crippen LogP contribution >= 0.6 is 23.2 Å². The van der Waals surface area contributed by atoms with Crippen LogP contribution in [0.4, 0.5) is 0 Å². The molecule has 2 heterocycles. The molecule has 0 N–H and O–H groups in total. The summed E-state index contributed by atoms with van der Waals surface area (Å²) in [6.07, 6.45) is 0.859. The fourth-order valence-corrected chi connectivity index (χ4v) is 4.75. The van der Waals surface area contributed by atoms with Crippen molar-refractivity contribution in [1.82, 2.24) is 14.8 Å². The van der Waals surface area contributed by atoms with Crippen LogP contribution in [0.25, 0.3) is 0 Å². The van der Waals surface area contributed by atoms with Gasteiger partial charge in [0, 0.05) is 54.6 Å². The number of amides is 2. The highest BCUT2D eigenvalue weighted by atomic mass is 35.5. The van der Waals surface area contributed by atoms with Gasteiger partial charge in [-0.2, -0.15) is 5.10 Å². The van der Waals surface area contributed by atoms with Crippen molar-refractivity contribution in [2.75, 3.05) is 45.9 Å². The summed E-state index contributed by atoms with van der Waals surface area (Å²) in [6, 6.07) is 14.6. The molecular weight excluding hydrogens is 487 g/mol. The molecule has 4 rings (SSSR count). The fourth-order valence-electron chi connectivity index (χ4n) is 4.38. The summed E-state index contributed by atoms with van der Waals surface area (Å²) in [6.45, 7) is 6.02. The average Bonchev–Trinajstić information content (AvgIpc) is 3.32. The Hall–Kier alpha value is -2.45. The SMILES string of the molecule is CCC(=O)N(CCN1CCOCC1)CC(=O)N1N=C(c2ccccc2Cl)C[C@H]1c1ccc(Cl)cc1. The number of rotatable bonds is 8. The zero-order valence-corrected chi connectivity index (χ0v) is 21.3. The molecule has 0 radical (unpaired) electrons. The highest BCUT2D eigenvalue weighted by Gasteiger charge is 2.34. The van der Waals surface area contributed by atoms with Gasteiger partial charge in [-0.05, 0) is 23.8 Å². The summed E-state index contributed by atoms with van der Waals surface area (Å²) in [5.74, 6) is -0.278. The number of carbonyl (C=O) groups excluding carboxylic acids is 2. The fraction of sp³-hybridized carbons (Fsp3) is 0.423. The predicted octanol–water partition coefficient (Wildman–Crippen LogP) is 4.24. The van der Waals surface area contributed by atoms with Gasteiger partial charge in [-0.15, -0.1) is 0 Å². The molecule has 2 aliphatic rings. The van der Waals surface area contributed by atoms with Crippen LogP contribution in [-0.4, -0.2) is 78.3 Å². The lowest BCUT2D eigenvalue weighted by atomic mass is 9.98. The van der Waals surface area contributed by atoms with E-state index in [1.54, 1.807) is 4.90 Å². The van der Waals surface area contributed by atoms with Crippen LogP contribution in [0.5, 0.6) is 0 Å². The van der Waals surface area contributed by atoms with Gasteiger partial charge < -0.3 is 9.64 Å². The highest BCUT2D eigenvalue weighted by Crippen LogP contribution is 2.35. The standard InChI is InChI=1S/C26H30Cl2N4O3/c1-2-25(33)31(12-11-30-13-15-35-16-14-30)18-26(34)32-24(19-7-9-20(27)10-8-19)17-23(29-32)21-5-3-4-6-22(21)28/h3-10,24H,2,11-18H2,1H3/t24-/m0/s1. The Bertz CT molecular complexity index is 1070. The van der Waals surface area contributed by atoms with Gasteiger partial charge in [0.2, 0.25) is 5.91 Å². The van der Waals surface area contributed by atoms with Crippen LogP contribution in [0.15, 0.2) is 53.6 Å². The van der Waals surface area contributed by atoms with Gasteiger partial charge in [-0.1, -0.05) is 60.5 Å². The minimum atomic E-state index is -0.302.